The zero-order valence-electron chi connectivity index (χ0n) is 8.78. The molecule has 1 heterocycles. The Morgan fingerprint density at radius 3 is 2.93 bits per heavy atom. The first-order valence-electron chi connectivity index (χ1n) is 5.29. The van der Waals surface area contributed by atoms with Crippen LogP contribution in [-0.4, -0.2) is 41.7 Å². The molecule has 82 valence electrons. The molecule has 1 fully saturated rings. The molecule has 4 nitrogen and oxygen atoms in total. The molecule has 0 aromatic heterocycles. The smallest absolute Gasteiger partial charge is 0.222 e. The van der Waals surface area contributed by atoms with Gasteiger partial charge in [-0.2, -0.15) is 0 Å². The Morgan fingerprint density at radius 1 is 1.71 bits per heavy atom. The van der Waals surface area contributed by atoms with Crippen LogP contribution in [0.3, 0.4) is 0 Å². The molecule has 2 atom stereocenters. The second-order valence-corrected chi connectivity index (χ2v) is 4.16. The predicted molar refractivity (Wildman–Crippen MR) is 54.7 cm³/mol. The number of amides is 1. The molecule has 1 amide bonds. The summed E-state index contributed by atoms with van der Waals surface area (Å²) in [4.78, 5) is 13.3. The number of hydrogen-bond acceptors (Lipinski definition) is 3. The minimum absolute atomic E-state index is 0.154. The van der Waals surface area contributed by atoms with Gasteiger partial charge in [0.05, 0.1) is 6.10 Å². The summed E-state index contributed by atoms with van der Waals surface area (Å²) in [5.74, 6) is 0.563. The lowest BCUT2D eigenvalue weighted by molar-refractivity contribution is -0.130. The molecule has 1 saturated heterocycles. The van der Waals surface area contributed by atoms with Crippen LogP contribution >= 0.6 is 0 Å². The van der Waals surface area contributed by atoms with Crippen LogP contribution in [-0.2, 0) is 4.79 Å². The van der Waals surface area contributed by atoms with Crippen LogP contribution < -0.4 is 5.73 Å². The standard InChI is InChI=1S/C10H20N2O2/c1-8(6-11)2-3-10(14)12-5-4-9(13)7-12/h8-9,13H,2-7,11H2,1H3. The number of nitrogens with zero attached hydrogens (tertiary/aromatic N) is 1. The summed E-state index contributed by atoms with van der Waals surface area (Å²) in [6.45, 7) is 3.90. The average molecular weight is 200 g/mol. The molecule has 14 heavy (non-hydrogen) atoms. The quantitative estimate of drug-likeness (QED) is 0.669. The molecule has 0 saturated carbocycles. The van der Waals surface area contributed by atoms with Crippen molar-refractivity contribution in [3.8, 4) is 0 Å². The molecule has 1 aliphatic heterocycles. The Bertz CT molecular complexity index is 197. The molecular weight excluding hydrogens is 180 g/mol. The molecule has 1 aliphatic rings. The van der Waals surface area contributed by atoms with E-state index in [4.69, 9.17) is 5.73 Å². The summed E-state index contributed by atoms with van der Waals surface area (Å²) >= 11 is 0. The van der Waals surface area contributed by atoms with E-state index in [1.165, 1.54) is 0 Å². The molecule has 3 N–H and O–H groups in total. The number of aliphatic hydroxyl groups is 1. The lowest BCUT2D eigenvalue weighted by Crippen LogP contribution is -2.30. The normalized spacial score (nSPS) is 23.9. The number of nitrogens with two attached hydrogens (primary N) is 1. The van der Waals surface area contributed by atoms with Crippen LogP contribution in [0.2, 0.25) is 0 Å². The first-order valence-corrected chi connectivity index (χ1v) is 5.29. The Kier molecular flexibility index (Phi) is 4.35. The van der Waals surface area contributed by atoms with Crippen molar-refractivity contribution < 1.29 is 9.90 Å². The van der Waals surface area contributed by atoms with Gasteiger partial charge in [-0.1, -0.05) is 6.92 Å². The van der Waals surface area contributed by atoms with E-state index in [2.05, 4.69) is 0 Å². The molecule has 0 aromatic rings. The molecule has 0 radical (unpaired) electrons. The van der Waals surface area contributed by atoms with E-state index >= 15 is 0 Å². The van der Waals surface area contributed by atoms with E-state index in [9.17, 15) is 9.90 Å². The minimum Gasteiger partial charge on any atom is -0.391 e. The molecule has 0 aliphatic carbocycles. The Morgan fingerprint density at radius 2 is 2.43 bits per heavy atom. The number of carbonyl (C=O) groups excluding carboxylic acids is 1. The maximum absolute atomic E-state index is 11.6. The van der Waals surface area contributed by atoms with Crippen molar-refractivity contribution >= 4 is 5.91 Å². The van der Waals surface area contributed by atoms with Crippen LogP contribution in [0.15, 0.2) is 0 Å². The first kappa shape index (κ1) is 11.5. The average Bonchev–Trinajstić information content (AvgIpc) is 2.60. The monoisotopic (exact) mass is 200 g/mol. The van der Waals surface area contributed by atoms with Gasteiger partial charge in [-0.3, -0.25) is 4.79 Å². The third kappa shape index (κ3) is 3.27. The van der Waals surface area contributed by atoms with E-state index in [-0.39, 0.29) is 12.0 Å². The number of likely N-dealkylation sites (tertiary alicyclic amines) is 1. The van der Waals surface area contributed by atoms with Crippen molar-refractivity contribution in [1.29, 1.82) is 0 Å². The summed E-state index contributed by atoms with van der Waals surface area (Å²) in [6, 6.07) is 0. The van der Waals surface area contributed by atoms with Crippen LogP contribution in [0.4, 0.5) is 0 Å². The van der Waals surface area contributed by atoms with Crippen molar-refractivity contribution in [2.75, 3.05) is 19.6 Å². The Labute approximate surface area is 85.1 Å². The van der Waals surface area contributed by atoms with Crippen LogP contribution in [0, 0.1) is 5.92 Å². The van der Waals surface area contributed by atoms with Gasteiger partial charge in [-0.25, -0.2) is 0 Å². The third-order valence-corrected chi connectivity index (χ3v) is 2.77. The molecule has 0 bridgehead atoms. The van der Waals surface area contributed by atoms with Gasteiger partial charge in [0.1, 0.15) is 0 Å². The molecule has 0 spiro atoms. The summed E-state index contributed by atoms with van der Waals surface area (Å²) in [5, 5.41) is 9.26. The van der Waals surface area contributed by atoms with Crippen LogP contribution in [0.5, 0.6) is 0 Å². The van der Waals surface area contributed by atoms with Crippen LogP contribution in [0.1, 0.15) is 26.2 Å². The van der Waals surface area contributed by atoms with Crippen molar-refractivity contribution in [3.05, 3.63) is 0 Å². The Balaban J connectivity index is 2.22. The van der Waals surface area contributed by atoms with Crippen molar-refractivity contribution in [1.82, 2.24) is 4.90 Å². The summed E-state index contributed by atoms with van der Waals surface area (Å²) in [7, 11) is 0. The predicted octanol–water partition coefficient (Wildman–Crippen LogP) is -0.0454. The molecule has 2 unspecified atom stereocenters. The zero-order chi connectivity index (χ0) is 10.6. The zero-order valence-corrected chi connectivity index (χ0v) is 8.78. The fraction of sp³-hybridized carbons (Fsp3) is 0.900. The maximum atomic E-state index is 11.6. The highest BCUT2D eigenvalue weighted by Gasteiger charge is 2.24. The fourth-order valence-corrected chi connectivity index (χ4v) is 1.61. The number of β-amino-alcohol motifs (C(OH)–C–C–N with tert-alkyl or cyclic N) is 1. The van der Waals surface area contributed by atoms with E-state index in [1.807, 2.05) is 6.92 Å². The van der Waals surface area contributed by atoms with E-state index in [0.717, 1.165) is 12.8 Å². The van der Waals surface area contributed by atoms with Gasteiger partial charge < -0.3 is 15.7 Å². The second-order valence-electron chi connectivity index (χ2n) is 4.16. The first-order chi connectivity index (χ1) is 6.63. The number of carbonyl (C=O) groups is 1. The van der Waals surface area contributed by atoms with E-state index < -0.39 is 0 Å². The van der Waals surface area contributed by atoms with Gasteiger partial charge in [0.2, 0.25) is 5.91 Å². The van der Waals surface area contributed by atoms with Crippen molar-refractivity contribution in [3.63, 3.8) is 0 Å². The lowest BCUT2D eigenvalue weighted by atomic mass is 10.1. The molecular formula is C10H20N2O2. The highest BCUT2D eigenvalue weighted by molar-refractivity contribution is 5.76. The highest BCUT2D eigenvalue weighted by atomic mass is 16.3. The number of aliphatic hydroxyl groups excluding tert-OH is 1. The van der Waals surface area contributed by atoms with Gasteiger partial charge in [-0.05, 0) is 25.3 Å². The highest BCUT2D eigenvalue weighted by Crippen LogP contribution is 2.12. The molecule has 1 rings (SSSR count). The molecule has 0 aromatic carbocycles. The van der Waals surface area contributed by atoms with Gasteiger partial charge in [0.15, 0.2) is 0 Å². The summed E-state index contributed by atoms with van der Waals surface area (Å²) in [5.41, 5.74) is 5.47. The Hall–Kier alpha value is -0.610. The summed E-state index contributed by atoms with van der Waals surface area (Å²) in [6.07, 6.45) is 1.82. The van der Waals surface area contributed by atoms with Gasteiger partial charge in [0, 0.05) is 19.5 Å². The van der Waals surface area contributed by atoms with Gasteiger partial charge in [0.25, 0.3) is 0 Å². The largest absolute Gasteiger partial charge is 0.391 e. The van der Waals surface area contributed by atoms with E-state index in [1.54, 1.807) is 4.90 Å². The SMILES string of the molecule is CC(CN)CCC(=O)N1CCC(O)C1. The maximum Gasteiger partial charge on any atom is 0.222 e. The van der Waals surface area contributed by atoms with Crippen LogP contribution in [0.25, 0.3) is 0 Å². The molecule has 4 heteroatoms. The summed E-state index contributed by atoms with van der Waals surface area (Å²) < 4.78 is 0. The number of hydrogen-bond donors (Lipinski definition) is 2. The van der Waals surface area contributed by atoms with Crippen molar-refractivity contribution in [2.24, 2.45) is 11.7 Å². The van der Waals surface area contributed by atoms with Crippen molar-refractivity contribution in [2.45, 2.75) is 32.3 Å². The minimum atomic E-state index is -0.314. The van der Waals surface area contributed by atoms with Gasteiger partial charge in [-0.15, -0.1) is 0 Å². The second kappa shape index (κ2) is 5.32. The fourth-order valence-electron chi connectivity index (χ4n) is 1.61. The van der Waals surface area contributed by atoms with E-state index in [0.29, 0.717) is 32.0 Å². The number of rotatable bonds is 4. The topological polar surface area (TPSA) is 66.6 Å². The third-order valence-electron chi connectivity index (χ3n) is 2.77. The van der Waals surface area contributed by atoms with Gasteiger partial charge >= 0.3 is 0 Å². The lowest BCUT2D eigenvalue weighted by Gasteiger charge is -2.16.